The van der Waals surface area contributed by atoms with Gasteiger partial charge in [-0.1, -0.05) is 32.6 Å². The molecule has 0 heterocycles. The van der Waals surface area contributed by atoms with Gasteiger partial charge in [-0.25, -0.2) is 4.39 Å². The topological polar surface area (TPSA) is 55.1 Å². The summed E-state index contributed by atoms with van der Waals surface area (Å²) in [5, 5.41) is 3.07. The molecular weight excluding hydrogens is 267 g/mol. The first-order valence-corrected chi connectivity index (χ1v) is 7.32. The number of carbonyl (C=O) groups excluding carboxylic acids is 1. The Labute approximate surface area is 126 Å². The van der Waals surface area contributed by atoms with Gasteiger partial charge in [0.15, 0.2) is 0 Å². The van der Waals surface area contributed by atoms with Crippen molar-refractivity contribution in [1.29, 1.82) is 0 Å². The van der Waals surface area contributed by atoms with Crippen molar-refractivity contribution in [2.24, 2.45) is 5.73 Å². The molecule has 0 aliphatic carbocycles. The molecule has 3 nitrogen and oxygen atoms in total. The van der Waals surface area contributed by atoms with Crippen molar-refractivity contribution in [3.8, 4) is 11.8 Å². The smallest absolute Gasteiger partial charge is 0.252 e. The number of nitrogens with two attached hydrogens (primary N) is 1. The lowest BCUT2D eigenvalue weighted by Gasteiger charge is -2.32. The maximum atomic E-state index is 13.3. The minimum absolute atomic E-state index is 0.167. The second-order valence-corrected chi connectivity index (χ2v) is 4.99. The lowest BCUT2D eigenvalue weighted by molar-refractivity contribution is 0.0888. The lowest BCUT2D eigenvalue weighted by atomic mass is 9.89. The van der Waals surface area contributed by atoms with E-state index in [0.717, 1.165) is 19.3 Å². The average molecular weight is 290 g/mol. The van der Waals surface area contributed by atoms with Crippen LogP contribution in [0.25, 0.3) is 0 Å². The number of halogens is 1. The fraction of sp³-hybridized carbons (Fsp3) is 0.471. The maximum absolute atomic E-state index is 13.3. The Morgan fingerprint density at radius 2 is 1.90 bits per heavy atom. The highest BCUT2D eigenvalue weighted by atomic mass is 19.1. The standard InChI is InChI=1S/C17H23FN2O/c1-4-17(5-2,6-3)20-16(21)15-10-9-14(18)12-13(15)8-7-11-19/h9-10,12H,4-6,11,19H2,1-3H3,(H,20,21). The summed E-state index contributed by atoms with van der Waals surface area (Å²) in [6.45, 7) is 6.31. The highest BCUT2D eigenvalue weighted by molar-refractivity contribution is 5.97. The lowest BCUT2D eigenvalue weighted by Crippen LogP contribution is -2.47. The van der Waals surface area contributed by atoms with Gasteiger partial charge >= 0.3 is 0 Å². The molecule has 1 aromatic rings. The predicted molar refractivity (Wildman–Crippen MR) is 83.4 cm³/mol. The summed E-state index contributed by atoms with van der Waals surface area (Å²) < 4.78 is 13.3. The van der Waals surface area contributed by atoms with Crippen LogP contribution in [-0.4, -0.2) is 18.0 Å². The van der Waals surface area contributed by atoms with Gasteiger partial charge in [0, 0.05) is 11.1 Å². The van der Waals surface area contributed by atoms with E-state index in [4.69, 9.17) is 5.73 Å². The molecule has 0 unspecified atom stereocenters. The molecule has 1 amide bonds. The third kappa shape index (κ3) is 4.30. The normalized spacial score (nSPS) is 10.7. The van der Waals surface area contributed by atoms with E-state index in [1.165, 1.54) is 18.2 Å². The molecule has 0 bridgehead atoms. The van der Waals surface area contributed by atoms with Gasteiger partial charge in [-0.2, -0.15) is 0 Å². The zero-order chi connectivity index (χ0) is 15.9. The molecule has 1 rings (SSSR count). The summed E-state index contributed by atoms with van der Waals surface area (Å²) in [6, 6.07) is 4.01. The fourth-order valence-electron chi connectivity index (χ4n) is 2.29. The number of hydrogen-bond acceptors (Lipinski definition) is 2. The van der Waals surface area contributed by atoms with Crippen LogP contribution in [-0.2, 0) is 0 Å². The summed E-state index contributed by atoms with van der Waals surface area (Å²) in [4.78, 5) is 12.5. The second-order valence-electron chi connectivity index (χ2n) is 4.99. The van der Waals surface area contributed by atoms with Gasteiger partial charge in [0.2, 0.25) is 0 Å². The van der Waals surface area contributed by atoms with Gasteiger partial charge in [0.25, 0.3) is 5.91 Å². The third-order valence-corrected chi connectivity index (χ3v) is 3.96. The summed E-state index contributed by atoms with van der Waals surface area (Å²) in [5.74, 6) is 4.78. The molecular formula is C17H23FN2O. The van der Waals surface area contributed by atoms with E-state index < -0.39 is 5.82 Å². The largest absolute Gasteiger partial charge is 0.347 e. The Bertz CT molecular complexity index is 545. The fourth-order valence-corrected chi connectivity index (χ4v) is 2.29. The molecule has 0 radical (unpaired) electrons. The molecule has 0 saturated heterocycles. The van der Waals surface area contributed by atoms with Gasteiger partial charge in [-0.3, -0.25) is 4.79 Å². The monoisotopic (exact) mass is 290 g/mol. The van der Waals surface area contributed by atoms with E-state index in [1.807, 2.05) is 20.8 Å². The number of benzene rings is 1. The van der Waals surface area contributed by atoms with Crippen LogP contribution in [0.15, 0.2) is 18.2 Å². The third-order valence-electron chi connectivity index (χ3n) is 3.96. The van der Waals surface area contributed by atoms with Gasteiger partial charge in [-0.05, 0) is 37.5 Å². The van der Waals surface area contributed by atoms with Gasteiger partial charge in [-0.15, -0.1) is 0 Å². The Hall–Kier alpha value is -1.86. The number of rotatable bonds is 5. The molecule has 0 saturated carbocycles. The van der Waals surface area contributed by atoms with Crippen molar-refractivity contribution >= 4 is 5.91 Å². The van der Waals surface area contributed by atoms with E-state index in [0.29, 0.717) is 11.1 Å². The molecule has 0 aliphatic rings. The van der Waals surface area contributed by atoms with Crippen molar-refractivity contribution in [2.45, 2.75) is 45.6 Å². The van der Waals surface area contributed by atoms with Crippen molar-refractivity contribution in [3.63, 3.8) is 0 Å². The Morgan fingerprint density at radius 3 is 2.43 bits per heavy atom. The molecule has 0 aromatic heterocycles. The van der Waals surface area contributed by atoms with E-state index in [2.05, 4.69) is 17.2 Å². The molecule has 114 valence electrons. The van der Waals surface area contributed by atoms with Gasteiger partial charge in [0.1, 0.15) is 5.82 Å². The predicted octanol–water partition coefficient (Wildman–Crippen LogP) is 2.83. The molecule has 4 heteroatoms. The highest BCUT2D eigenvalue weighted by Gasteiger charge is 2.27. The van der Waals surface area contributed by atoms with Crippen LogP contribution in [0.1, 0.15) is 56.0 Å². The Morgan fingerprint density at radius 1 is 1.29 bits per heavy atom. The molecule has 0 spiro atoms. The first-order valence-electron chi connectivity index (χ1n) is 7.32. The van der Waals surface area contributed by atoms with Crippen LogP contribution in [0.3, 0.4) is 0 Å². The number of carbonyl (C=O) groups is 1. The minimum Gasteiger partial charge on any atom is -0.347 e. The quantitative estimate of drug-likeness (QED) is 0.819. The zero-order valence-electron chi connectivity index (χ0n) is 12.9. The van der Waals surface area contributed by atoms with Crippen molar-refractivity contribution in [2.75, 3.05) is 6.54 Å². The van der Waals surface area contributed by atoms with Crippen LogP contribution in [0, 0.1) is 17.7 Å². The van der Waals surface area contributed by atoms with Crippen LogP contribution >= 0.6 is 0 Å². The molecule has 1 aromatic carbocycles. The molecule has 0 aliphatic heterocycles. The first kappa shape index (κ1) is 17.2. The maximum Gasteiger partial charge on any atom is 0.252 e. The van der Waals surface area contributed by atoms with E-state index >= 15 is 0 Å². The van der Waals surface area contributed by atoms with Gasteiger partial charge < -0.3 is 11.1 Å². The van der Waals surface area contributed by atoms with E-state index in [1.54, 1.807) is 0 Å². The Kier molecular flexibility index (Phi) is 6.39. The van der Waals surface area contributed by atoms with Crippen LogP contribution < -0.4 is 11.1 Å². The van der Waals surface area contributed by atoms with Crippen LogP contribution in [0.4, 0.5) is 4.39 Å². The summed E-state index contributed by atoms with van der Waals surface area (Å²) in [5.41, 5.74) is 5.86. The summed E-state index contributed by atoms with van der Waals surface area (Å²) in [6.07, 6.45) is 2.53. The zero-order valence-corrected chi connectivity index (χ0v) is 12.9. The van der Waals surface area contributed by atoms with Crippen molar-refractivity contribution in [3.05, 3.63) is 35.1 Å². The molecule has 0 atom stereocenters. The molecule has 0 fully saturated rings. The Balaban J connectivity index is 3.12. The van der Waals surface area contributed by atoms with Crippen LogP contribution in [0.2, 0.25) is 0 Å². The minimum atomic E-state index is -0.416. The molecule has 21 heavy (non-hydrogen) atoms. The van der Waals surface area contributed by atoms with Crippen molar-refractivity contribution in [1.82, 2.24) is 5.32 Å². The van der Waals surface area contributed by atoms with E-state index in [-0.39, 0.29) is 18.0 Å². The SMILES string of the molecule is CCC(CC)(CC)NC(=O)c1ccc(F)cc1C#CCN. The van der Waals surface area contributed by atoms with Crippen molar-refractivity contribution < 1.29 is 9.18 Å². The van der Waals surface area contributed by atoms with Crippen LogP contribution in [0.5, 0.6) is 0 Å². The number of hydrogen-bond donors (Lipinski definition) is 2. The summed E-state index contributed by atoms with van der Waals surface area (Å²) >= 11 is 0. The highest BCUT2D eigenvalue weighted by Crippen LogP contribution is 2.21. The number of amides is 1. The average Bonchev–Trinajstić information content (AvgIpc) is 2.50. The summed E-state index contributed by atoms with van der Waals surface area (Å²) in [7, 11) is 0. The molecule has 3 N–H and O–H groups in total. The van der Waals surface area contributed by atoms with Gasteiger partial charge in [0.05, 0.1) is 12.1 Å². The first-order chi connectivity index (χ1) is 10.0. The second kappa shape index (κ2) is 7.80. The van der Waals surface area contributed by atoms with E-state index in [9.17, 15) is 9.18 Å². The number of nitrogens with one attached hydrogen (secondary N) is 1.